The van der Waals surface area contributed by atoms with Crippen molar-refractivity contribution >= 4 is 16.5 Å². The Morgan fingerprint density at radius 2 is 1.95 bits per heavy atom. The van der Waals surface area contributed by atoms with Crippen LogP contribution >= 0.6 is 0 Å². The van der Waals surface area contributed by atoms with E-state index < -0.39 is 10.5 Å². The molecule has 1 rings (SSSR count). The Morgan fingerprint density at radius 1 is 1.26 bits per heavy atom. The minimum atomic E-state index is -5.11. The van der Waals surface area contributed by atoms with Gasteiger partial charge in [0.1, 0.15) is 0 Å². The zero-order valence-corrected chi connectivity index (χ0v) is 11.2. The van der Waals surface area contributed by atoms with Gasteiger partial charge in [0.2, 0.25) is 0 Å². The summed E-state index contributed by atoms with van der Waals surface area (Å²) < 4.78 is 46.7. The number of carbonyl (C=O) groups is 1. The molecule has 1 aromatic rings. The largest absolute Gasteiger partial charge is 0.493 e. The third-order valence-corrected chi connectivity index (χ3v) is 2.64. The second-order valence-corrected chi connectivity index (χ2v) is 4.49. The third-order valence-electron chi connectivity index (χ3n) is 2.26. The van der Waals surface area contributed by atoms with E-state index >= 15 is 0 Å². The summed E-state index contributed by atoms with van der Waals surface area (Å²) in [6.07, 6.45) is 0.549. The van der Waals surface area contributed by atoms with Crippen LogP contribution in [0.25, 0.3) is 0 Å². The van der Waals surface area contributed by atoms with Crippen LogP contribution in [0.4, 0.5) is 3.89 Å². The highest BCUT2D eigenvalue weighted by molar-refractivity contribution is 7.81. The van der Waals surface area contributed by atoms with Crippen molar-refractivity contribution in [3.63, 3.8) is 0 Å². The normalized spacial score (nSPS) is 10.9. The van der Waals surface area contributed by atoms with Crippen molar-refractivity contribution in [2.24, 2.45) is 0 Å². The highest BCUT2D eigenvalue weighted by atomic mass is 32.3. The van der Waals surface area contributed by atoms with Gasteiger partial charge in [-0.15, -0.1) is 0 Å². The van der Waals surface area contributed by atoms with Gasteiger partial charge in [-0.3, -0.25) is 4.79 Å². The molecular weight excluding hydrogens is 279 g/mol. The molecule has 0 unspecified atom stereocenters. The molecule has 1 aromatic carbocycles. The summed E-state index contributed by atoms with van der Waals surface area (Å²) in [7, 11) is -2.53. The molecule has 0 amide bonds. The van der Waals surface area contributed by atoms with Crippen LogP contribution in [0, 0.1) is 0 Å². The zero-order chi connectivity index (χ0) is 14.5. The summed E-state index contributed by atoms with van der Waals surface area (Å²) in [6.45, 7) is 0. The first-order valence-corrected chi connectivity index (χ1v) is 6.54. The van der Waals surface area contributed by atoms with Gasteiger partial charge in [-0.2, -0.15) is 8.42 Å². The molecule has 0 aliphatic carbocycles. The Balaban J connectivity index is 2.86. The SMILES string of the molecule is COC(=O)CCc1ccc(OS(=O)(=O)F)c(OC)c1. The summed E-state index contributed by atoms with van der Waals surface area (Å²) >= 11 is 0. The minimum Gasteiger partial charge on any atom is -0.493 e. The number of hydrogen-bond acceptors (Lipinski definition) is 6. The Morgan fingerprint density at radius 3 is 2.47 bits per heavy atom. The summed E-state index contributed by atoms with van der Waals surface area (Å²) in [4.78, 5) is 11.0. The molecule has 8 heteroatoms. The van der Waals surface area contributed by atoms with Gasteiger partial charge < -0.3 is 13.7 Å². The van der Waals surface area contributed by atoms with Crippen LogP contribution in [0.1, 0.15) is 12.0 Å². The Hall–Kier alpha value is -1.83. The van der Waals surface area contributed by atoms with Crippen LogP contribution in [-0.4, -0.2) is 28.6 Å². The van der Waals surface area contributed by atoms with E-state index in [9.17, 15) is 17.1 Å². The minimum absolute atomic E-state index is 0.0589. The van der Waals surface area contributed by atoms with Gasteiger partial charge in [-0.05, 0) is 24.1 Å². The van der Waals surface area contributed by atoms with E-state index in [4.69, 9.17) is 4.74 Å². The maximum atomic E-state index is 12.4. The van der Waals surface area contributed by atoms with E-state index in [1.807, 2.05) is 0 Å². The molecule has 0 saturated carbocycles. The van der Waals surface area contributed by atoms with E-state index in [2.05, 4.69) is 8.92 Å². The zero-order valence-electron chi connectivity index (χ0n) is 10.4. The number of aryl methyl sites for hydroxylation is 1. The molecule has 0 heterocycles. The number of ether oxygens (including phenoxy) is 2. The van der Waals surface area contributed by atoms with Crippen molar-refractivity contribution < 1.29 is 30.8 Å². The number of rotatable bonds is 6. The number of halogens is 1. The van der Waals surface area contributed by atoms with Gasteiger partial charge >= 0.3 is 16.5 Å². The van der Waals surface area contributed by atoms with Gasteiger partial charge in [0.25, 0.3) is 0 Å². The molecule has 0 N–H and O–H groups in total. The lowest BCUT2D eigenvalue weighted by Gasteiger charge is -2.09. The van der Waals surface area contributed by atoms with Crippen LogP contribution in [0.2, 0.25) is 0 Å². The molecule has 0 spiro atoms. The van der Waals surface area contributed by atoms with Crippen LogP contribution in [0.3, 0.4) is 0 Å². The quantitative estimate of drug-likeness (QED) is 0.582. The number of benzene rings is 1. The number of carbonyl (C=O) groups excluding carboxylic acids is 1. The number of methoxy groups -OCH3 is 2. The summed E-state index contributed by atoms with van der Waals surface area (Å²) in [5.74, 6) is -0.568. The molecule has 0 aliphatic heterocycles. The lowest BCUT2D eigenvalue weighted by Crippen LogP contribution is -2.04. The van der Waals surface area contributed by atoms with Crippen molar-refractivity contribution in [2.75, 3.05) is 14.2 Å². The topological polar surface area (TPSA) is 78.9 Å². The first kappa shape index (κ1) is 15.2. The van der Waals surface area contributed by atoms with Crippen LogP contribution in [0.5, 0.6) is 11.5 Å². The predicted octanol–water partition coefficient (Wildman–Crippen LogP) is 1.39. The fourth-order valence-corrected chi connectivity index (χ4v) is 1.74. The van der Waals surface area contributed by atoms with E-state index in [0.29, 0.717) is 12.0 Å². The van der Waals surface area contributed by atoms with Crippen LogP contribution < -0.4 is 8.92 Å². The average molecular weight is 292 g/mol. The molecule has 0 bridgehead atoms. The van der Waals surface area contributed by atoms with Crippen LogP contribution in [0.15, 0.2) is 18.2 Å². The molecule has 0 fully saturated rings. The molecular formula is C11H13FO6S. The van der Waals surface area contributed by atoms with Gasteiger partial charge in [0.15, 0.2) is 11.5 Å². The summed E-state index contributed by atoms with van der Waals surface area (Å²) in [6, 6.07) is 4.22. The molecule has 106 valence electrons. The lowest BCUT2D eigenvalue weighted by molar-refractivity contribution is -0.140. The summed E-state index contributed by atoms with van der Waals surface area (Å²) in [5, 5.41) is 0. The number of esters is 1. The van der Waals surface area contributed by atoms with Gasteiger partial charge in [-0.1, -0.05) is 9.95 Å². The average Bonchev–Trinajstić information content (AvgIpc) is 2.35. The van der Waals surface area contributed by atoms with Gasteiger partial charge in [0.05, 0.1) is 14.2 Å². The van der Waals surface area contributed by atoms with E-state index in [1.54, 1.807) is 0 Å². The highest BCUT2D eigenvalue weighted by Gasteiger charge is 2.15. The number of hydrogen-bond donors (Lipinski definition) is 0. The molecule has 6 nitrogen and oxygen atoms in total. The second kappa shape index (κ2) is 6.37. The van der Waals surface area contributed by atoms with E-state index in [-0.39, 0.29) is 23.9 Å². The predicted molar refractivity (Wildman–Crippen MR) is 64.0 cm³/mol. The first-order chi connectivity index (χ1) is 8.85. The van der Waals surface area contributed by atoms with Gasteiger partial charge in [-0.25, -0.2) is 0 Å². The Bertz CT molecular complexity index is 554. The van der Waals surface area contributed by atoms with Crippen LogP contribution in [-0.2, 0) is 26.5 Å². The smallest absolute Gasteiger partial charge is 0.488 e. The fourth-order valence-electron chi connectivity index (χ4n) is 1.39. The van der Waals surface area contributed by atoms with Crippen molar-refractivity contribution in [2.45, 2.75) is 12.8 Å². The second-order valence-electron chi connectivity index (χ2n) is 3.54. The molecule has 0 aromatic heterocycles. The lowest BCUT2D eigenvalue weighted by atomic mass is 10.1. The van der Waals surface area contributed by atoms with Crippen molar-refractivity contribution in [1.82, 2.24) is 0 Å². The van der Waals surface area contributed by atoms with E-state index in [0.717, 1.165) is 0 Å². The van der Waals surface area contributed by atoms with E-state index in [1.165, 1.54) is 32.4 Å². The monoisotopic (exact) mass is 292 g/mol. The van der Waals surface area contributed by atoms with Crippen molar-refractivity contribution in [1.29, 1.82) is 0 Å². The van der Waals surface area contributed by atoms with Crippen molar-refractivity contribution in [3.8, 4) is 11.5 Å². The Labute approximate surface area is 110 Å². The summed E-state index contributed by atoms with van der Waals surface area (Å²) in [5.41, 5.74) is 0.700. The highest BCUT2D eigenvalue weighted by Crippen LogP contribution is 2.29. The molecule has 0 atom stereocenters. The molecule has 19 heavy (non-hydrogen) atoms. The Kier molecular flexibility index (Phi) is 5.11. The third kappa shape index (κ3) is 5.12. The molecule has 0 radical (unpaired) electrons. The maximum Gasteiger partial charge on any atom is 0.488 e. The maximum absolute atomic E-state index is 12.4. The molecule has 0 saturated heterocycles. The fraction of sp³-hybridized carbons (Fsp3) is 0.364. The molecule has 0 aliphatic rings. The first-order valence-electron chi connectivity index (χ1n) is 5.23. The van der Waals surface area contributed by atoms with Crippen molar-refractivity contribution in [3.05, 3.63) is 23.8 Å². The van der Waals surface area contributed by atoms with Gasteiger partial charge in [0, 0.05) is 6.42 Å². The standard InChI is InChI=1S/C11H13FO6S/c1-16-10-7-8(4-6-11(13)17-2)3-5-9(10)18-19(12,14)15/h3,5,7H,4,6H2,1-2H3.